The number of aromatic nitrogens is 2. The second kappa shape index (κ2) is 5.10. The number of benzene rings is 1. The second-order valence-corrected chi connectivity index (χ2v) is 5.19. The number of anilines is 1. The highest BCUT2D eigenvalue weighted by molar-refractivity contribution is 9.10. The monoisotopic (exact) mass is 311 g/mol. The summed E-state index contributed by atoms with van der Waals surface area (Å²) < 4.78 is 15.6. The molecule has 0 aliphatic carbocycles. The van der Waals surface area contributed by atoms with Crippen molar-refractivity contribution >= 4 is 21.6 Å². The molecule has 0 saturated heterocycles. The zero-order valence-electron chi connectivity index (χ0n) is 10.6. The number of nitrogens with one attached hydrogen (secondary N) is 1. The van der Waals surface area contributed by atoms with E-state index in [1.54, 1.807) is 6.07 Å². The zero-order chi connectivity index (χ0) is 13.3. The summed E-state index contributed by atoms with van der Waals surface area (Å²) in [4.78, 5) is 0. The normalized spacial score (nSPS) is 10.7. The molecule has 1 heterocycles. The van der Waals surface area contributed by atoms with Crippen molar-refractivity contribution in [1.29, 1.82) is 0 Å². The lowest BCUT2D eigenvalue weighted by molar-refractivity contribution is 0.620. The number of aryl methyl sites for hydroxylation is 3. The lowest BCUT2D eigenvalue weighted by atomic mass is 10.2. The Morgan fingerprint density at radius 1 is 1.33 bits per heavy atom. The maximum atomic E-state index is 13.3. The van der Waals surface area contributed by atoms with E-state index in [2.05, 4.69) is 26.3 Å². The fourth-order valence-electron chi connectivity index (χ4n) is 1.85. The van der Waals surface area contributed by atoms with Crippen molar-refractivity contribution < 1.29 is 4.39 Å². The molecule has 18 heavy (non-hydrogen) atoms. The van der Waals surface area contributed by atoms with Gasteiger partial charge in [0.15, 0.2) is 0 Å². The Morgan fingerprint density at radius 3 is 2.67 bits per heavy atom. The Kier molecular flexibility index (Phi) is 3.71. The van der Waals surface area contributed by atoms with Gasteiger partial charge in [-0.2, -0.15) is 5.10 Å². The fraction of sp³-hybridized carbons (Fsp3) is 0.308. The van der Waals surface area contributed by atoms with Gasteiger partial charge in [0.05, 0.1) is 22.4 Å². The third kappa shape index (κ3) is 2.72. The molecule has 0 aliphatic heterocycles. The molecule has 1 N–H and O–H groups in total. The van der Waals surface area contributed by atoms with Crippen molar-refractivity contribution in [3.05, 3.63) is 45.4 Å². The van der Waals surface area contributed by atoms with E-state index in [1.807, 2.05) is 31.6 Å². The maximum Gasteiger partial charge on any atom is 0.137 e. The van der Waals surface area contributed by atoms with Gasteiger partial charge in [0.25, 0.3) is 0 Å². The lowest BCUT2D eigenvalue weighted by Gasteiger charge is -2.10. The predicted octanol–water partition coefficient (Wildman–Crippen LogP) is 3.55. The van der Waals surface area contributed by atoms with Crippen LogP contribution in [0.3, 0.4) is 0 Å². The average Bonchev–Trinajstić information content (AvgIpc) is 2.61. The van der Waals surface area contributed by atoms with Crippen LogP contribution in [0.2, 0.25) is 0 Å². The summed E-state index contributed by atoms with van der Waals surface area (Å²) in [6, 6.07) is 5.30. The van der Waals surface area contributed by atoms with E-state index in [9.17, 15) is 4.39 Å². The van der Waals surface area contributed by atoms with Gasteiger partial charge in [0.1, 0.15) is 5.82 Å². The van der Waals surface area contributed by atoms with Gasteiger partial charge in [-0.15, -0.1) is 0 Å². The molecule has 0 fully saturated rings. The van der Waals surface area contributed by atoms with E-state index in [-0.39, 0.29) is 5.82 Å². The van der Waals surface area contributed by atoms with Crippen LogP contribution in [0.25, 0.3) is 0 Å². The third-order valence-corrected chi connectivity index (χ3v) is 3.43. The van der Waals surface area contributed by atoms with Crippen molar-refractivity contribution in [2.45, 2.75) is 20.4 Å². The van der Waals surface area contributed by atoms with Crippen molar-refractivity contribution in [3.63, 3.8) is 0 Å². The molecule has 3 nitrogen and oxygen atoms in total. The summed E-state index contributed by atoms with van der Waals surface area (Å²) in [5, 5.41) is 7.58. The predicted molar refractivity (Wildman–Crippen MR) is 74.1 cm³/mol. The number of nitrogens with zero attached hydrogens (tertiary/aromatic N) is 2. The minimum absolute atomic E-state index is 0.241. The molecule has 0 saturated carbocycles. The van der Waals surface area contributed by atoms with Crippen LogP contribution in [0.4, 0.5) is 10.1 Å². The summed E-state index contributed by atoms with van der Waals surface area (Å²) >= 11 is 3.19. The minimum Gasteiger partial charge on any atom is -0.379 e. The Balaban J connectivity index is 2.15. The molecule has 0 radical (unpaired) electrons. The van der Waals surface area contributed by atoms with Crippen molar-refractivity contribution in [2.24, 2.45) is 7.05 Å². The molecule has 5 heteroatoms. The Hall–Kier alpha value is -1.36. The van der Waals surface area contributed by atoms with Crippen molar-refractivity contribution in [3.8, 4) is 0 Å². The van der Waals surface area contributed by atoms with Crippen LogP contribution >= 0.6 is 15.9 Å². The molecule has 0 unspecified atom stereocenters. The highest BCUT2D eigenvalue weighted by atomic mass is 79.9. The van der Waals surface area contributed by atoms with E-state index in [0.717, 1.165) is 22.6 Å². The molecule has 0 spiro atoms. The van der Waals surface area contributed by atoms with Gasteiger partial charge in [-0.1, -0.05) is 0 Å². The van der Waals surface area contributed by atoms with Crippen molar-refractivity contribution in [1.82, 2.24) is 9.78 Å². The Labute approximate surface area is 114 Å². The Morgan fingerprint density at radius 2 is 2.06 bits per heavy atom. The topological polar surface area (TPSA) is 29.9 Å². The lowest BCUT2D eigenvalue weighted by Crippen LogP contribution is -2.06. The summed E-state index contributed by atoms with van der Waals surface area (Å²) in [5.74, 6) is -0.241. The van der Waals surface area contributed by atoms with E-state index in [1.165, 1.54) is 6.07 Å². The number of hydrogen-bond acceptors (Lipinski definition) is 2. The molecule has 96 valence electrons. The van der Waals surface area contributed by atoms with Crippen LogP contribution in [0.15, 0.2) is 22.7 Å². The molecule has 0 amide bonds. The number of hydrogen-bond donors (Lipinski definition) is 1. The summed E-state index contributed by atoms with van der Waals surface area (Å²) in [6.45, 7) is 4.51. The quantitative estimate of drug-likeness (QED) is 0.939. The van der Waals surface area contributed by atoms with Gasteiger partial charge in [-0.25, -0.2) is 4.39 Å². The summed E-state index contributed by atoms with van der Waals surface area (Å²) in [6.07, 6.45) is 0. The van der Waals surface area contributed by atoms with Gasteiger partial charge < -0.3 is 5.32 Å². The van der Waals surface area contributed by atoms with Gasteiger partial charge in [-0.05, 0) is 53.5 Å². The SMILES string of the molecule is Cc1cc(CNc2cc(Br)c(F)cc2C)n(C)n1. The number of halogens is 2. The van der Waals surface area contributed by atoms with Crippen LogP contribution in [0.1, 0.15) is 17.0 Å². The van der Waals surface area contributed by atoms with E-state index in [4.69, 9.17) is 0 Å². The average molecular weight is 312 g/mol. The van der Waals surface area contributed by atoms with Crippen LogP contribution in [-0.4, -0.2) is 9.78 Å². The van der Waals surface area contributed by atoms with Crippen LogP contribution in [0.5, 0.6) is 0 Å². The highest BCUT2D eigenvalue weighted by Gasteiger charge is 2.06. The summed E-state index contributed by atoms with van der Waals surface area (Å²) in [5.41, 5.74) is 3.88. The molecular weight excluding hydrogens is 297 g/mol. The minimum atomic E-state index is -0.241. The highest BCUT2D eigenvalue weighted by Crippen LogP contribution is 2.24. The fourth-order valence-corrected chi connectivity index (χ4v) is 2.20. The standard InChI is InChI=1S/C13H15BrFN3/c1-8-4-12(15)11(14)6-13(8)16-7-10-5-9(2)17-18(10)3/h4-6,16H,7H2,1-3H3. The molecule has 2 aromatic rings. The van der Waals surface area contributed by atoms with Gasteiger partial charge in [-0.3, -0.25) is 4.68 Å². The molecule has 0 aliphatic rings. The summed E-state index contributed by atoms with van der Waals surface area (Å²) in [7, 11) is 1.91. The molecule has 1 aromatic carbocycles. The van der Waals surface area contributed by atoms with Crippen LogP contribution in [0, 0.1) is 19.7 Å². The molecule has 2 rings (SSSR count). The third-order valence-electron chi connectivity index (χ3n) is 2.83. The van der Waals surface area contributed by atoms with E-state index in [0.29, 0.717) is 11.0 Å². The molecular formula is C13H15BrFN3. The smallest absolute Gasteiger partial charge is 0.137 e. The first-order valence-corrected chi connectivity index (χ1v) is 6.45. The molecule has 0 bridgehead atoms. The van der Waals surface area contributed by atoms with Gasteiger partial charge in [0, 0.05) is 12.7 Å². The van der Waals surface area contributed by atoms with Crippen LogP contribution < -0.4 is 5.32 Å². The maximum absolute atomic E-state index is 13.3. The van der Waals surface area contributed by atoms with Crippen LogP contribution in [-0.2, 0) is 13.6 Å². The van der Waals surface area contributed by atoms with E-state index < -0.39 is 0 Å². The second-order valence-electron chi connectivity index (χ2n) is 4.34. The first-order chi connectivity index (χ1) is 8.47. The van der Waals surface area contributed by atoms with E-state index >= 15 is 0 Å². The zero-order valence-corrected chi connectivity index (χ0v) is 12.2. The first-order valence-electron chi connectivity index (χ1n) is 5.66. The molecule has 1 aromatic heterocycles. The first kappa shape index (κ1) is 13.1. The van der Waals surface area contributed by atoms with Gasteiger partial charge >= 0.3 is 0 Å². The van der Waals surface area contributed by atoms with Gasteiger partial charge in [0.2, 0.25) is 0 Å². The molecule has 0 atom stereocenters. The Bertz CT molecular complexity index is 578. The largest absolute Gasteiger partial charge is 0.379 e. The van der Waals surface area contributed by atoms with Crippen molar-refractivity contribution in [2.75, 3.05) is 5.32 Å². The number of rotatable bonds is 3.